The highest BCUT2D eigenvalue weighted by atomic mass is 16.5. The number of methoxy groups -OCH3 is 1. The fourth-order valence-electron chi connectivity index (χ4n) is 2.46. The average Bonchev–Trinajstić information content (AvgIpc) is 2.17. The van der Waals surface area contributed by atoms with Gasteiger partial charge in [0.2, 0.25) is 0 Å². The normalized spacial score (nSPS) is 39.0. The van der Waals surface area contributed by atoms with E-state index in [0.29, 0.717) is 11.8 Å². The predicted octanol–water partition coefficient (Wildman–Crippen LogP) is 1.15. The number of aliphatic hydroxyl groups excluding tert-OH is 1. The Hall–Kier alpha value is -0.120. The molecule has 0 heterocycles. The molecule has 0 bridgehead atoms. The zero-order chi connectivity index (χ0) is 10.8. The van der Waals surface area contributed by atoms with Gasteiger partial charge in [0.05, 0.1) is 12.7 Å². The first-order chi connectivity index (χ1) is 6.52. The first-order valence-corrected chi connectivity index (χ1v) is 5.45. The third kappa shape index (κ3) is 2.47. The van der Waals surface area contributed by atoms with Gasteiger partial charge in [0.1, 0.15) is 0 Å². The maximum atomic E-state index is 9.21. The molecule has 3 heteroatoms. The van der Waals surface area contributed by atoms with E-state index in [1.165, 1.54) is 0 Å². The van der Waals surface area contributed by atoms with Crippen molar-refractivity contribution in [2.75, 3.05) is 13.7 Å². The molecule has 1 saturated carbocycles. The third-order valence-electron chi connectivity index (χ3n) is 3.53. The number of ether oxygens (including phenoxy) is 1. The molecule has 0 amide bonds. The fourth-order valence-corrected chi connectivity index (χ4v) is 2.46. The fraction of sp³-hybridized carbons (Fsp3) is 1.00. The summed E-state index contributed by atoms with van der Waals surface area (Å²) in [5.74, 6) is 1.21. The molecule has 0 aliphatic heterocycles. The van der Waals surface area contributed by atoms with Crippen molar-refractivity contribution in [2.45, 2.75) is 44.8 Å². The van der Waals surface area contributed by atoms with Gasteiger partial charge in [0.25, 0.3) is 0 Å². The molecule has 3 atom stereocenters. The van der Waals surface area contributed by atoms with Gasteiger partial charge in [-0.2, -0.15) is 0 Å². The molecule has 1 aliphatic carbocycles. The Kier molecular flexibility index (Phi) is 3.93. The van der Waals surface area contributed by atoms with Gasteiger partial charge >= 0.3 is 0 Å². The predicted molar refractivity (Wildman–Crippen MR) is 57.0 cm³/mol. The molecular weight excluding hydrogens is 178 g/mol. The molecule has 3 nitrogen and oxygen atoms in total. The van der Waals surface area contributed by atoms with Gasteiger partial charge in [-0.15, -0.1) is 0 Å². The Balaban J connectivity index is 2.63. The molecule has 3 N–H and O–H groups in total. The SMILES string of the molecule is COC1CC(N)(CO)CCC1C(C)C. The van der Waals surface area contributed by atoms with Crippen LogP contribution in [0.4, 0.5) is 0 Å². The van der Waals surface area contributed by atoms with E-state index < -0.39 is 5.54 Å². The second-order valence-corrected chi connectivity index (χ2v) is 4.95. The standard InChI is InChI=1S/C11H23NO2/c1-8(2)9-4-5-11(12,7-13)6-10(9)14-3/h8-10,13H,4-7,12H2,1-3H3. The average molecular weight is 201 g/mol. The van der Waals surface area contributed by atoms with Gasteiger partial charge in [-0.25, -0.2) is 0 Å². The first kappa shape index (κ1) is 12.0. The van der Waals surface area contributed by atoms with Crippen LogP contribution in [0.1, 0.15) is 33.1 Å². The number of rotatable bonds is 3. The Labute approximate surface area is 86.6 Å². The van der Waals surface area contributed by atoms with Crippen LogP contribution in [0.2, 0.25) is 0 Å². The first-order valence-electron chi connectivity index (χ1n) is 5.45. The van der Waals surface area contributed by atoms with Gasteiger partial charge in [0, 0.05) is 12.6 Å². The molecule has 84 valence electrons. The minimum Gasteiger partial charge on any atom is -0.394 e. The van der Waals surface area contributed by atoms with E-state index in [1.807, 2.05) is 0 Å². The molecule has 0 aromatic carbocycles. The summed E-state index contributed by atoms with van der Waals surface area (Å²) in [7, 11) is 1.74. The molecule has 0 radical (unpaired) electrons. The summed E-state index contributed by atoms with van der Waals surface area (Å²) in [6.45, 7) is 4.51. The van der Waals surface area contributed by atoms with E-state index in [2.05, 4.69) is 13.8 Å². The van der Waals surface area contributed by atoms with Crippen LogP contribution in [0.25, 0.3) is 0 Å². The summed E-state index contributed by atoms with van der Waals surface area (Å²) in [5.41, 5.74) is 5.65. The zero-order valence-corrected chi connectivity index (χ0v) is 9.49. The van der Waals surface area contributed by atoms with E-state index in [9.17, 15) is 5.11 Å². The van der Waals surface area contributed by atoms with E-state index in [0.717, 1.165) is 19.3 Å². The lowest BCUT2D eigenvalue weighted by molar-refractivity contribution is -0.0310. The highest BCUT2D eigenvalue weighted by Crippen LogP contribution is 2.36. The van der Waals surface area contributed by atoms with E-state index >= 15 is 0 Å². The number of hydrogen-bond acceptors (Lipinski definition) is 3. The Morgan fingerprint density at radius 1 is 1.57 bits per heavy atom. The summed E-state index contributed by atoms with van der Waals surface area (Å²) in [6, 6.07) is 0. The molecule has 1 aliphatic rings. The smallest absolute Gasteiger partial charge is 0.0620 e. The molecule has 0 aromatic heterocycles. The lowest BCUT2D eigenvalue weighted by Gasteiger charge is -2.42. The summed E-state index contributed by atoms with van der Waals surface area (Å²) in [5, 5.41) is 9.21. The largest absolute Gasteiger partial charge is 0.394 e. The second-order valence-electron chi connectivity index (χ2n) is 4.95. The summed E-state index contributed by atoms with van der Waals surface area (Å²) in [6.07, 6.45) is 2.96. The van der Waals surface area contributed by atoms with Crippen molar-refractivity contribution >= 4 is 0 Å². The summed E-state index contributed by atoms with van der Waals surface area (Å²) < 4.78 is 5.47. The Bertz CT molecular complexity index is 184. The summed E-state index contributed by atoms with van der Waals surface area (Å²) >= 11 is 0. The van der Waals surface area contributed by atoms with E-state index in [4.69, 9.17) is 10.5 Å². The van der Waals surface area contributed by atoms with Gasteiger partial charge in [-0.3, -0.25) is 0 Å². The highest BCUT2D eigenvalue weighted by molar-refractivity contribution is 4.95. The van der Waals surface area contributed by atoms with Crippen molar-refractivity contribution in [1.29, 1.82) is 0 Å². The molecular formula is C11H23NO2. The topological polar surface area (TPSA) is 55.5 Å². The Morgan fingerprint density at radius 2 is 2.21 bits per heavy atom. The van der Waals surface area contributed by atoms with Crippen LogP contribution in [-0.2, 0) is 4.74 Å². The molecule has 14 heavy (non-hydrogen) atoms. The van der Waals surface area contributed by atoms with Gasteiger partial charge in [-0.05, 0) is 31.1 Å². The van der Waals surface area contributed by atoms with E-state index in [-0.39, 0.29) is 12.7 Å². The van der Waals surface area contributed by atoms with Crippen LogP contribution < -0.4 is 5.73 Å². The maximum absolute atomic E-state index is 9.21. The monoisotopic (exact) mass is 201 g/mol. The van der Waals surface area contributed by atoms with Crippen LogP contribution in [0.3, 0.4) is 0 Å². The van der Waals surface area contributed by atoms with Crippen LogP contribution in [-0.4, -0.2) is 30.5 Å². The van der Waals surface area contributed by atoms with Crippen LogP contribution in [0.5, 0.6) is 0 Å². The summed E-state index contributed by atoms with van der Waals surface area (Å²) in [4.78, 5) is 0. The Morgan fingerprint density at radius 3 is 2.64 bits per heavy atom. The van der Waals surface area contributed by atoms with Crippen molar-refractivity contribution in [3.8, 4) is 0 Å². The molecule has 0 spiro atoms. The van der Waals surface area contributed by atoms with E-state index in [1.54, 1.807) is 7.11 Å². The zero-order valence-electron chi connectivity index (χ0n) is 9.49. The van der Waals surface area contributed by atoms with Crippen molar-refractivity contribution in [1.82, 2.24) is 0 Å². The quantitative estimate of drug-likeness (QED) is 0.720. The number of nitrogens with two attached hydrogens (primary N) is 1. The number of hydrogen-bond donors (Lipinski definition) is 2. The molecule has 0 aromatic rings. The van der Waals surface area contributed by atoms with Gasteiger partial charge < -0.3 is 15.6 Å². The maximum Gasteiger partial charge on any atom is 0.0620 e. The molecule has 1 fully saturated rings. The lowest BCUT2D eigenvalue weighted by atomic mass is 9.71. The minimum atomic E-state index is -0.411. The highest BCUT2D eigenvalue weighted by Gasteiger charge is 2.39. The van der Waals surface area contributed by atoms with Crippen LogP contribution in [0.15, 0.2) is 0 Å². The molecule has 1 rings (SSSR count). The number of aliphatic hydroxyl groups is 1. The van der Waals surface area contributed by atoms with Gasteiger partial charge in [0.15, 0.2) is 0 Å². The minimum absolute atomic E-state index is 0.0671. The van der Waals surface area contributed by atoms with Crippen LogP contribution in [0, 0.1) is 11.8 Å². The molecule has 3 unspecified atom stereocenters. The van der Waals surface area contributed by atoms with Crippen molar-refractivity contribution in [2.24, 2.45) is 17.6 Å². The van der Waals surface area contributed by atoms with Gasteiger partial charge in [-0.1, -0.05) is 13.8 Å². The third-order valence-corrected chi connectivity index (χ3v) is 3.53. The molecule has 0 saturated heterocycles. The van der Waals surface area contributed by atoms with Crippen LogP contribution >= 0.6 is 0 Å². The van der Waals surface area contributed by atoms with Crippen molar-refractivity contribution in [3.05, 3.63) is 0 Å². The lowest BCUT2D eigenvalue weighted by Crippen LogP contribution is -2.52. The van der Waals surface area contributed by atoms with Crippen molar-refractivity contribution in [3.63, 3.8) is 0 Å². The second kappa shape index (κ2) is 4.60. The van der Waals surface area contributed by atoms with Crippen molar-refractivity contribution < 1.29 is 9.84 Å².